The number of anilines is 2. The van der Waals surface area contributed by atoms with Crippen LogP contribution in [-0.2, 0) is 4.74 Å². The summed E-state index contributed by atoms with van der Waals surface area (Å²) in [5.41, 5.74) is 7.63. The molecule has 1 amide bonds. The molecule has 0 aliphatic heterocycles. The topological polar surface area (TPSA) is 110 Å². The zero-order valence-electron chi connectivity index (χ0n) is 14.8. The van der Waals surface area contributed by atoms with Crippen LogP contribution in [0.5, 0.6) is 0 Å². The normalized spacial score (nSPS) is 10.2. The monoisotopic (exact) mass is 394 g/mol. The molecule has 0 spiro atoms. The zero-order valence-corrected chi connectivity index (χ0v) is 15.5. The van der Waals surface area contributed by atoms with Crippen LogP contribution in [0.1, 0.15) is 26.4 Å². The van der Waals surface area contributed by atoms with Gasteiger partial charge >= 0.3 is 5.97 Å². The Bertz CT molecular complexity index is 1100. The minimum absolute atomic E-state index is 0.0467. The Labute approximate surface area is 165 Å². The van der Waals surface area contributed by atoms with Gasteiger partial charge in [-0.2, -0.15) is 5.26 Å². The second-order valence-electron chi connectivity index (χ2n) is 5.76. The molecule has 3 N–H and O–H groups in total. The number of carbonyl (C=O) groups is 2. The molecule has 140 valence electrons. The van der Waals surface area contributed by atoms with Gasteiger partial charge in [-0.1, -0.05) is 23.7 Å². The number of rotatable bonds is 4. The van der Waals surface area contributed by atoms with Crippen LogP contribution in [0.3, 0.4) is 0 Å². The van der Waals surface area contributed by atoms with Crippen molar-refractivity contribution in [3.05, 3.63) is 76.6 Å². The van der Waals surface area contributed by atoms with Crippen molar-refractivity contribution in [2.45, 2.75) is 0 Å². The smallest absolute Gasteiger partial charge is 0.357 e. The van der Waals surface area contributed by atoms with E-state index in [4.69, 9.17) is 22.1 Å². The van der Waals surface area contributed by atoms with Crippen molar-refractivity contribution in [3.63, 3.8) is 0 Å². The fraction of sp³-hybridized carbons (Fsp3) is 0.0500. The Morgan fingerprint density at radius 1 is 1.18 bits per heavy atom. The predicted octanol–water partition coefficient (Wildman–Crippen LogP) is 3.62. The SMILES string of the molecule is COC(=O)c1c(N)c(C#N)cn1-c1ccc(NC(=O)c2ccccc2Cl)cc1. The minimum atomic E-state index is -0.657. The number of nitriles is 1. The largest absolute Gasteiger partial charge is 0.464 e. The van der Waals surface area contributed by atoms with Gasteiger partial charge in [0, 0.05) is 17.6 Å². The van der Waals surface area contributed by atoms with Gasteiger partial charge < -0.3 is 20.4 Å². The van der Waals surface area contributed by atoms with E-state index in [1.165, 1.54) is 17.9 Å². The second-order valence-corrected chi connectivity index (χ2v) is 6.17. The highest BCUT2D eigenvalue weighted by molar-refractivity contribution is 6.34. The summed E-state index contributed by atoms with van der Waals surface area (Å²) in [5.74, 6) is -0.999. The van der Waals surface area contributed by atoms with Crippen LogP contribution in [-0.4, -0.2) is 23.6 Å². The molecule has 0 aliphatic carbocycles. The van der Waals surface area contributed by atoms with Crippen LogP contribution in [0.2, 0.25) is 5.02 Å². The van der Waals surface area contributed by atoms with E-state index in [1.807, 2.05) is 6.07 Å². The summed E-state index contributed by atoms with van der Waals surface area (Å²) in [4.78, 5) is 24.4. The van der Waals surface area contributed by atoms with Crippen LogP contribution in [0, 0.1) is 11.3 Å². The van der Waals surface area contributed by atoms with Crippen molar-refractivity contribution in [3.8, 4) is 11.8 Å². The fourth-order valence-electron chi connectivity index (χ4n) is 2.67. The molecule has 28 heavy (non-hydrogen) atoms. The lowest BCUT2D eigenvalue weighted by atomic mass is 10.2. The highest BCUT2D eigenvalue weighted by Crippen LogP contribution is 2.25. The number of amides is 1. The Morgan fingerprint density at radius 2 is 1.86 bits per heavy atom. The summed E-state index contributed by atoms with van der Waals surface area (Å²) in [5, 5.41) is 12.3. The van der Waals surface area contributed by atoms with E-state index < -0.39 is 5.97 Å². The van der Waals surface area contributed by atoms with E-state index in [0.717, 1.165) is 0 Å². The third-order valence-corrected chi connectivity index (χ3v) is 4.40. The van der Waals surface area contributed by atoms with Crippen molar-refractivity contribution >= 4 is 34.9 Å². The number of hydrogen-bond donors (Lipinski definition) is 2. The van der Waals surface area contributed by atoms with E-state index >= 15 is 0 Å². The first-order chi connectivity index (χ1) is 13.5. The Balaban J connectivity index is 1.90. The maximum Gasteiger partial charge on any atom is 0.357 e. The lowest BCUT2D eigenvalue weighted by Gasteiger charge is -2.10. The van der Waals surface area contributed by atoms with E-state index in [2.05, 4.69) is 5.32 Å². The van der Waals surface area contributed by atoms with Crippen LogP contribution in [0.25, 0.3) is 5.69 Å². The number of benzene rings is 2. The Morgan fingerprint density at radius 3 is 2.46 bits per heavy atom. The molecule has 1 aromatic heterocycles. The number of halogens is 1. The molecule has 3 rings (SSSR count). The van der Waals surface area contributed by atoms with Crippen LogP contribution in [0.4, 0.5) is 11.4 Å². The van der Waals surface area contributed by atoms with Gasteiger partial charge in [-0.3, -0.25) is 4.79 Å². The molecular weight excluding hydrogens is 380 g/mol. The van der Waals surface area contributed by atoms with Gasteiger partial charge in [-0.25, -0.2) is 4.79 Å². The third-order valence-electron chi connectivity index (χ3n) is 4.07. The minimum Gasteiger partial charge on any atom is -0.464 e. The Kier molecular flexibility index (Phi) is 5.34. The van der Waals surface area contributed by atoms with Gasteiger partial charge in [0.05, 0.1) is 28.9 Å². The van der Waals surface area contributed by atoms with Gasteiger partial charge in [0.25, 0.3) is 5.91 Å². The molecule has 0 saturated carbocycles. The van der Waals surface area contributed by atoms with Gasteiger partial charge in [0.1, 0.15) is 6.07 Å². The molecule has 2 aromatic carbocycles. The van der Waals surface area contributed by atoms with Crippen LogP contribution < -0.4 is 11.1 Å². The van der Waals surface area contributed by atoms with Crippen molar-refractivity contribution in [2.24, 2.45) is 0 Å². The maximum atomic E-state index is 12.3. The third kappa shape index (κ3) is 3.54. The quantitative estimate of drug-likeness (QED) is 0.656. The van der Waals surface area contributed by atoms with Gasteiger partial charge in [-0.15, -0.1) is 0 Å². The van der Waals surface area contributed by atoms with Gasteiger partial charge in [0.2, 0.25) is 0 Å². The number of esters is 1. The standard InChI is InChI=1S/C20H15ClN4O3/c1-28-20(27)18-17(23)12(10-22)11-25(18)14-8-6-13(7-9-14)24-19(26)15-4-2-3-5-16(15)21/h2-9,11H,23H2,1H3,(H,24,26). The first-order valence-electron chi connectivity index (χ1n) is 8.11. The molecule has 0 aliphatic rings. The molecule has 8 heteroatoms. The second kappa shape index (κ2) is 7.86. The summed E-state index contributed by atoms with van der Waals surface area (Å²) < 4.78 is 6.23. The van der Waals surface area contributed by atoms with Crippen molar-refractivity contribution < 1.29 is 14.3 Å². The van der Waals surface area contributed by atoms with E-state index in [0.29, 0.717) is 22.0 Å². The number of aromatic nitrogens is 1. The number of nitrogens with one attached hydrogen (secondary N) is 1. The van der Waals surface area contributed by atoms with E-state index in [9.17, 15) is 14.9 Å². The number of nitrogens with zero attached hydrogens (tertiary/aromatic N) is 2. The number of nitrogens with two attached hydrogens (primary N) is 1. The highest BCUT2D eigenvalue weighted by atomic mass is 35.5. The Hall–Kier alpha value is -3.76. The molecule has 0 radical (unpaired) electrons. The zero-order chi connectivity index (χ0) is 20.3. The van der Waals surface area contributed by atoms with Crippen molar-refractivity contribution in [1.82, 2.24) is 4.57 Å². The summed E-state index contributed by atoms with van der Waals surface area (Å²) in [6, 6.07) is 15.3. The molecule has 1 heterocycles. The van der Waals surface area contributed by atoms with E-state index in [-0.39, 0.29) is 22.9 Å². The summed E-state index contributed by atoms with van der Waals surface area (Å²) in [7, 11) is 1.23. The van der Waals surface area contributed by atoms with E-state index in [1.54, 1.807) is 48.5 Å². The molecule has 3 aromatic rings. The van der Waals surface area contributed by atoms with Crippen molar-refractivity contribution in [2.75, 3.05) is 18.2 Å². The lowest BCUT2D eigenvalue weighted by molar-refractivity contribution is 0.0593. The predicted molar refractivity (Wildman–Crippen MR) is 106 cm³/mol. The molecule has 0 bridgehead atoms. The first-order valence-corrected chi connectivity index (χ1v) is 8.49. The van der Waals surface area contributed by atoms with Crippen LogP contribution >= 0.6 is 11.6 Å². The molecule has 0 fully saturated rings. The fourth-order valence-corrected chi connectivity index (χ4v) is 2.89. The molecule has 0 unspecified atom stereocenters. The number of nitrogen functional groups attached to an aromatic ring is 1. The maximum absolute atomic E-state index is 12.3. The average Bonchev–Trinajstić information content (AvgIpc) is 3.04. The summed E-state index contributed by atoms with van der Waals surface area (Å²) in [6.07, 6.45) is 1.46. The number of methoxy groups -OCH3 is 1. The molecule has 0 atom stereocenters. The molecule has 0 saturated heterocycles. The average molecular weight is 395 g/mol. The highest BCUT2D eigenvalue weighted by Gasteiger charge is 2.21. The number of hydrogen-bond acceptors (Lipinski definition) is 5. The summed E-state index contributed by atoms with van der Waals surface area (Å²) >= 11 is 6.04. The number of carbonyl (C=O) groups excluding carboxylic acids is 2. The number of ether oxygens (including phenoxy) is 1. The molecule has 7 nitrogen and oxygen atoms in total. The van der Waals surface area contributed by atoms with Gasteiger partial charge in [-0.05, 0) is 36.4 Å². The summed E-state index contributed by atoms with van der Waals surface area (Å²) in [6.45, 7) is 0. The van der Waals surface area contributed by atoms with Crippen molar-refractivity contribution in [1.29, 1.82) is 5.26 Å². The first kappa shape index (κ1) is 19.0. The van der Waals surface area contributed by atoms with Crippen LogP contribution in [0.15, 0.2) is 54.7 Å². The molecular formula is C20H15ClN4O3. The lowest BCUT2D eigenvalue weighted by Crippen LogP contribution is -2.13. The van der Waals surface area contributed by atoms with Gasteiger partial charge in [0.15, 0.2) is 5.69 Å².